The van der Waals surface area contributed by atoms with Gasteiger partial charge in [-0.2, -0.15) is 0 Å². The zero-order valence-electron chi connectivity index (χ0n) is 4.79. The van der Waals surface area contributed by atoms with Crippen LogP contribution in [0.2, 0.25) is 0 Å². The molecule has 6 heteroatoms. The Bertz CT molecular complexity index is 231. The predicted octanol–water partition coefficient (Wildman–Crippen LogP) is -1.07. The number of nitrogens with zero attached hydrogens (tertiary/aromatic N) is 1. The highest BCUT2D eigenvalue weighted by atomic mass is 32.2. The van der Waals surface area contributed by atoms with Crippen LogP contribution in [0.3, 0.4) is 0 Å². The van der Waals surface area contributed by atoms with Gasteiger partial charge in [-0.1, -0.05) is 0 Å². The number of carbonyl (C=O) groups excluding carboxylic acids is 1. The Kier molecular flexibility index (Phi) is 1.13. The molecular weight excluding hydrogens is 144 g/mol. The van der Waals surface area contributed by atoms with E-state index in [2.05, 4.69) is 0 Å². The third kappa shape index (κ3) is 1.13. The fourth-order valence-electron chi connectivity index (χ4n) is 0.557. The van der Waals surface area contributed by atoms with Crippen molar-refractivity contribution in [2.45, 2.75) is 0 Å². The Morgan fingerprint density at radius 3 is 2.33 bits per heavy atom. The van der Waals surface area contributed by atoms with Crippen LogP contribution in [-0.4, -0.2) is 32.3 Å². The fourth-order valence-corrected chi connectivity index (χ4v) is 1.67. The largest absolute Gasteiger partial charge is 0.331 e. The minimum absolute atomic E-state index is 0.230. The van der Waals surface area contributed by atoms with Crippen LogP contribution >= 0.6 is 0 Å². The molecule has 2 amide bonds. The fraction of sp³-hybridized carbons (Fsp3) is 0.667. The SMILES string of the molecule is CN1CS(=O)(=O)NC1=O. The van der Waals surface area contributed by atoms with Crippen molar-refractivity contribution < 1.29 is 13.2 Å². The lowest BCUT2D eigenvalue weighted by molar-refractivity contribution is 0.226. The van der Waals surface area contributed by atoms with Gasteiger partial charge in [0.25, 0.3) is 10.0 Å². The molecule has 0 bridgehead atoms. The summed E-state index contributed by atoms with van der Waals surface area (Å²) in [5.41, 5.74) is 0. The standard InChI is InChI=1S/C3H6N2O3S/c1-5-2-9(7,8)4-3(5)6/h2H2,1H3,(H,4,6). The lowest BCUT2D eigenvalue weighted by Crippen LogP contribution is -2.24. The normalized spacial score (nSPS) is 24.1. The van der Waals surface area contributed by atoms with Crippen LogP contribution in [0.4, 0.5) is 4.79 Å². The molecule has 0 aromatic rings. The number of hydrogen-bond donors (Lipinski definition) is 1. The minimum atomic E-state index is -3.32. The summed E-state index contributed by atoms with van der Waals surface area (Å²) in [6.07, 6.45) is 0. The van der Waals surface area contributed by atoms with Gasteiger partial charge in [0.05, 0.1) is 0 Å². The molecule has 0 spiro atoms. The van der Waals surface area contributed by atoms with Crippen molar-refractivity contribution in [2.75, 3.05) is 12.9 Å². The first-order valence-electron chi connectivity index (χ1n) is 2.27. The molecule has 1 rings (SSSR count). The third-order valence-corrected chi connectivity index (χ3v) is 2.17. The predicted molar refractivity (Wildman–Crippen MR) is 30.1 cm³/mol. The molecule has 0 atom stereocenters. The van der Waals surface area contributed by atoms with E-state index in [1.165, 1.54) is 7.05 Å². The number of sulfonamides is 1. The van der Waals surface area contributed by atoms with Crippen molar-refractivity contribution in [3.8, 4) is 0 Å². The van der Waals surface area contributed by atoms with E-state index in [1.807, 2.05) is 0 Å². The van der Waals surface area contributed by atoms with Gasteiger partial charge in [-0.05, 0) is 0 Å². The quantitative estimate of drug-likeness (QED) is 0.478. The van der Waals surface area contributed by atoms with E-state index in [4.69, 9.17) is 0 Å². The van der Waals surface area contributed by atoms with E-state index < -0.39 is 16.1 Å². The topological polar surface area (TPSA) is 66.5 Å². The molecule has 1 saturated heterocycles. The van der Waals surface area contributed by atoms with Crippen molar-refractivity contribution in [2.24, 2.45) is 0 Å². The molecule has 0 saturated carbocycles. The number of amides is 2. The molecule has 1 N–H and O–H groups in total. The van der Waals surface area contributed by atoms with Gasteiger partial charge in [0.1, 0.15) is 5.88 Å². The Morgan fingerprint density at radius 1 is 1.67 bits per heavy atom. The van der Waals surface area contributed by atoms with Crippen molar-refractivity contribution in [3.05, 3.63) is 0 Å². The molecule has 9 heavy (non-hydrogen) atoms. The number of carbonyl (C=O) groups is 1. The average Bonchev–Trinajstić information content (AvgIpc) is 1.79. The highest BCUT2D eigenvalue weighted by Gasteiger charge is 2.28. The molecule has 1 fully saturated rings. The van der Waals surface area contributed by atoms with Gasteiger partial charge in [0.2, 0.25) is 0 Å². The Morgan fingerprint density at radius 2 is 2.22 bits per heavy atom. The second kappa shape index (κ2) is 1.60. The van der Waals surface area contributed by atoms with Crippen LogP contribution in [-0.2, 0) is 10.0 Å². The van der Waals surface area contributed by atoms with E-state index in [-0.39, 0.29) is 5.88 Å². The van der Waals surface area contributed by atoms with Crippen LogP contribution in [0, 0.1) is 0 Å². The molecule has 1 heterocycles. The van der Waals surface area contributed by atoms with Gasteiger partial charge in [0, 0.05) is 7.05 Å². The summed E-state index contributed by atoms with van der Waals surface area (Å²) in [6, 6.07) is -0.560. The molecular formula is C3H6N2O3S. The number of rotatable bonds is 0. The summed E-state index contributed by atoms with van der Waals surface area (Å²) >= 11 is 0. The summed E-state index contributed by atoms with van der Waals surface area (Å²) in [5, 5.41) is 0. The second-order valence-corrected chi connectivity index (χ2v) is 3.54. The maximum absolute atomic E-state index is 10.5. The van der Waals surface area contributed by atoms with Crippen LogP contribution in [0.1, 0.15) is 0 Å². The van der Waals surface area contributed by atoms with E-state index in [9.17, 15) is 13.2 Å². The van der Waals surface area contributed by atoms with Crippen molar-refractivity contribution >= 4 is 16.1 Å². The number of hydrogen-bond acceptors (Lipinski definition) is 3. The van der Waals surface area contributed by atoms with Gasteiger partial charge >= 0.3 is 6.03 Å². The highest BCUT2D eigenvalue weighted by molar-refractivity contribution is 7.90. The molecule has 0 aromatic carbocycles. The monoisotopic (exact) mass is 150 g/mol. The molecule has 0 aliphatic carbocycles. The van der Waals surface area contributed by atoms with Crippen LogP contribution < -0.4 is 4.72 Å². The molecule has 0 aromatic heterocycles. The highest BCUT2D eigenvalue weighted by Crippen LogP contribution is 1.99. The van der Waals surface area contributed by atoms with E-state index in [0.717, 1.165) is 4.90 Å². The van der Waals surface area contributed by atoms with E-state index in [1.54, 1.807) is 4.72 Å². The van der Waals surface area contributed by atoms with Gasteiger partial charge in [0.15, 0.2) is 0 Å². The molecule has 0 radical (unpaired) electrons. The Labute approximate surface area is 52.7 Å². The van der Waals surface area contributed by atoms with E-state index in [0.29, 0.717) is 0 Å². The van der Waals surface area contributed by atoms with Crippen LogP contribution in [0.15, 0.2) is 0 Å². The number of urea groups is 1. The van der Waals surface area contributed by atoms with Crippen molar-refractivity contribution in [1.29, 1.82) is 0 Å². The molecule has 1 aliphatic rings. The van der Waals surface area contributed by atoms with Crippen molar-refractivity contribution in [3.63, 3.8) is 0 Å². The maximum Gasteiger partial charge on any atom is 0.331 e. The summed E-state index contributed by atoms with van der Waals surface area (Å²) in [4.78, 5) is 11.5. The van der Waals surface area contributed by atoms with Gasteiger partial charge < -0.3 is 4.90 Å². The smallest absolute Gasteiger partial charge is 0.311 e. The zero-order chi connectivity index (χ0) is 7.07. The van der Waals surface area contributed by atoms with E-state index >= 15 is 0 Å². The number of nitrogens with one attached hydrogen (secondary N) is 1. The lowest BCUT2D eigenvalue weighted by Gasteiger charge is -1.98. The first-order valence-corrected chi connectivity index (χ1v) is 3.92. The molecule has 0 unspecified atom stereocenters. The average molecular weight is 150 g/mol. The van der Waals surface area contributed by atoms with Crippen molar-refractivity contribution in [1.82, 2.24) is 9.62 Å². The van der Waals surface area contributed by atoms with Gasteiger partial charge in [-0.25, -0.2) is 17.9 Å². The Hall–Kier alpha value is -0.780. The second-order valence-electron chi connectivity index (χ2n) is 1.85. The maximum atomic E-state index is 10.5. The summed E-state index contributed by atoms with van der Waals surface area (Å²) in [5.74, 6) is -0.230. The third-order valence-electron chi connectivity index (χ3n) is 0.953. The van der Waals surface area contributed by atoms with Crippen LogP contribution in [0.5, 0.6) is 0 Å². The van der Waals surface area contributed by atoms with Gasteiger partial charge in [-0.15, -0.1) is 0 Å². The molecule has 52 valence electrons. The molecule has 1 aliphatic heterocycles. The minimum Gasteiger partial charge on any atom is -0.311 e. The molecule has 5 nitrogen and oxygen atoms in total. The summed E-state index contributed by atoms with van der Waals surface area (Å²) in [7, 11) is -1.90. The first-order chi connectivity index (χ1) is 4.01. The first kappa shape index (κ1) is 6.34. The zero-order valence-corrected chi connectivity index (χ0v) is 5.60. The van der Waals surface area contributed by atoms with Crippen LogP contribution in [0.25, 0.3) is 0 Å². The summed E-state index contributed by atoms with van der Waals surface area (Å²) < 4.78 is 22.8. The van der Waals surface area contributed by atoms with Gasteiger partial charge in [-0.3, -0.25) is 0 Å². The Balaban J connectivity index is 2.90. The lowest BCUT2D eigenvalue weighted by atomic mass is 10.9. The summed E-state index contributed by atoms with van der Waals surface area (Å²) in [6.45, 7) is 0.